The Hall–Kier alpha value is -1.04. The Kier molecular flexibility index (Phi) is 3.38. The highest BCUT2D eigenvalue weighted by Crippen LogP contribution is 2.38. The number of carbonyl (C=O) groups excluding carboxylic acids is 1. The van der Waals surface area contributed by atoms with Crippen LogP contribution in [-0.4, -0.2) is 38.0 Å². The fraction of sp³-hybridized carbons (Fsp3) is 0.444. The summed E-state index contributed by atoms with van der Waals surface area (Å²) >= 11 is 5.80. The number of aliphatic hydroxyl groups is 1. The smallest absolute Gasteiger partial charge is 0.269 e. The molecule has 84 valence electrons. The summed E-state index contributed by atoms with van der Waals surface area (Å²) in [4.78, 5) is 11.2. The first-order valence-corrected chi connectivity index (χ1v) is 4.41. The Bertz CT molecular complexity index is 340. The standard InChI is InChI=1S/C9H11ClO5/c1-13-6-4-5(11)7(12)8(10)9(6,14-2)15-3/h4,12H,1-3H3. The molecule has 1 aliphatic carbocycles. The second kappa shape index (κ2) is 4.22. The van der Waals surface area contributed by atoms with Gasteiger partial charge in [-0.2, -0.15) is 0 Å². The average molecular weight is 235 g/mol. The third-order valence-corrected chi connectivity index (χ3v) is 2.54. The van der Waals surface area contributed by atoms with Crippen LogP contribution in [0.4, 0.5) is 0 Å². The number of methoxy groups -OCH3 is 3. The van der Waals surface area contributed by atoms with Crippen LogP contribution in [0.3, 0.4) is 0 Å². The molecule has 1 N–H and O–H groups in total. The lowest BCUT2D eigenvalue weighted by atomic mass is 10.0. The van der Waals surface area contributed by atoms with E-state index in [1.165, 1.54) is 21.3 Å². The van der Waals surface area contributed by atoms with E-state index in [-0.39, 0.29) is 10.8 Å². The Morgan fingerprint density at radius 3 is 2.27 bits per heavy atom. The van der Waals surface area contributed by atoms with Gasteiger partial charge < -0.3 is 19.3 Å². The maximum Gasteiger partial charge on any atom is 0.269 e. The van der Waals surface area contributed by atoms with Gasteiger partial charge in [0.1, 0.15) is 5.03 Å². The second-order valence-electron chi connectivity index (χ2n) is 2.76. The van der Waals surface area contributed by atoms with Gasteiger partial charge in [0.05, 0.1) is 7.11 Å². The molecule has 0 aliphatic heterocycles. The fourth-order valence-electron chi connectivity index (χ4n) is 1.31. The zero-order valence-electron chi connectivity index (χ0n) is 8.54. The summed E-state index contributed by atoms with van der Waals surface area (Å²) in [6.45, 7) is 0. The maximum atomic E-state index is 11.2. The number of allylic oxidation sites excluding steroid dienone is 1. The molecule has 0 amide bonds. The molecule has 0 aromatic heterocycles. The molecule has 0 heterocycles. The van der Waals surface area contributed by atoms with Crippen molar-refractivity contribution in [3.05, 3.63) is 22.6 Å². The first-order chi connectivity index (χ1) is 7.03. The van der Waals surface area contributed by atoms with Gasteiger partial charge in [-0.1, -0.05) is 11.6 Å². The summed E-state index contributed by atoms with van der Waals surface area (Å²) in [6, 6.07) is 0. The number of carbonyl (C=O) groups is 1. The minimum absolute atomic E-state index is 0.0836. The Labute approximate surface area is 91.9 Å². The SMILES string of the molecule is COC1=CC(=O)C(O)=C(Cl)C1(OC)OC. The number of rotatable bonds is 3. The summed E-state index contributed by atoms with van der Waals surface area (Å²) in [5, 5.41) is 9.14. The maximum absolute atomic E-state index is 11.2. The molecular weight excluding hydrogens is 224 g/mol. The van der Waals surface area contributed by atoms with Crippen molar-refractivity contribution < 1.29 is 24.1 Å². The number of ketones is 1. The normalized spacial score (nSPS) is 20.3. The number of aliphatic hydroxyl groups excluding tert-OH is 1. The molecule has 0 fully saturated rings. The van der Waals surface area contributed by atoms with E-state index in [9.17, 15) is 9.90 Å². The van der Waals surface area contributed by atoms with Crippen LogP contribution in [0.25, 0.3) is 0 Å². The van der Waals surface area contributed by atoms with E-state index >= 15 is 0 Å². The molecule has 0 saturated carbocycles. The van der Waals surface area contributed by atoms with Crippen molar-refractivity contribution in [3.63, 3.8) is 0 Å². The third-order valence-electron chi connectivity index (χ3n) is 2.11. The molecule has 6 heteroatoms. The monoisotopic (exact) mass is 234 g/mol. The van der Waals surface area contributed by atoms with Gasteiger partial charge in [-0.15, -0.1) is 0 Å². The molecule has 1 rings (SSSR count). The van der Waals surface area contributed by atoms with Crippen LogP contribution in [0.1, 0.15) is 0 Å². The highest BCUT2D eigenvalue weighted by molar-refractivity contribution is 6.34. The van der Waals surface area contributed by atoms with Crippen molar-refractivity contribution in [2.24, 2.45) is 0 Å². The molecule has 0 aromatic rings. The third kappa shape index (κ3) is 1.62. The molecule has 0 bridgehead atoms. The molecule has 0 saturated heterocycles. The van der Waals surface area contributed by atoms with E-state index in [0.717, 1.165) is 6.08 Å². The molecule has 0 unspecified atom stereocenters. The number of ether oxygens (including phenoxy) is 3. The van der Waals surface area contributed by atoms with Crippen molar-refractivity contribution in [2.75, 3.05) is 21.3 Å². The predicted octanol–water partition coefficient (Wildman–Crippen LogP) is 1.10. The van der Waals surface area contributed by atoms with E-state index in [0.29, 0.717) is 0 Å². The summed E-state index contributed by atoms with van der Waals surface area (Å²) in [7, 11) is 3.99. The van der Waals surface area contributed by atoms with Gasteiger partial charge >= 0.3 is 0 Å². The quantitative estimate of drug-likeness (QED) is 0.741. The minimum atomic E-state index is -1.55. The lowest BCUT2D eigenvalue weighted by Crippen LogP contribution is -2.41. The molecule has 5 nitrogen and oxygen atoms in total. The first kappa shape index (κ1) is 12.0. The van der Waals surface area contributed by atoms with Crippen LogP contribution in [0, 0.1) is 0 Å². The van der Waals surface area contributed by atoms with Crippen LogP contribution in [0.15, 0.2) is 22.6 Å². The number of hydrogen-bond acceptors (Lipinski definition) is 5. The van der Waals surface area contributed by atoms with Crippen molar-refractivity contribution in [3.8, 4) is 0 Å². The molecule has 0 radical (unpaired) electrons. The minimum Gasteiger partial charge on any atom is -0.503 e. The van der Waals surface area contributed by atoms with Gasteiger partial charge in [-0.3, -0.25) is 4.79 Å². The largest absolute Gasteiger partial charge is 0.503 e. The van der Waals surface area contributed by atoms with Gasteiger partial charge in [-0.25, -0.2) is 0 Å². The number of halogens is 1. The van der Waals surface area contributed by atoms with Gasteiger partial charge in [0.15, 0.2) is 11.5 Å². The van der Waals surface area contributed by atoms with E-state index in [1.807, 2.05) is 0 Å². The average Bonchev–Trinajstić information content (AvgIpc) is 2.26. The van der Waals surface area contributed by atoms with E-state index in [2.05, 4.69) is 0 Å². The molecule has 0 spiro atoms. The molecule has 0 aromatic carbocycles. The topological polar surface area (TPSA) is 65.0 Å². The summed E-state index contributed by atoms with van der Waals surface area (Å²) in [5.41, 5.74) is 0. The Balaban J connectivity index is 3.33. The fourth-order valence-corrected chi connectivity index (χ4v) is 1.65. The molecular formula is C9H11ClO5. The Morgan fingerprint density at radius 1 is 1.33 bits per heavy atom. The van der Waals surface area contributed by atoms with Gasteiger partial charge in [0.2, 0.25) is 5.78 Å². The van der Waals surface area contributed by atoms with Gasteiger partial charge in [0, 0.05) is 20.3 Å². The van der Waals surface area contributed by atoms with Gasteiger partial charge in [0.25, 0.3) is 5.79 Å². The lowest BCUT2D eigenvalue weighted by molar-refractivity contribution is -0.172. The zero-order valence-corrected chi connectivity index (χ0v) is 9.29. The van der Waals surface area contributed by atoms with Crippen LogP contribution < -0.4 is 0 Å². The van der Waals surface area contributed by atoms with E-state index in [4.69, 9.17) is 25.8 Å². The van der Waals surface area contributed by atoms with Crippen molar-refractivity contribution in [1.82, 2.24) is 0 Å². The van der Waals surface area contributed by atoms with Crippen molar-refractivity contribution in [1.29, 1.82) is 0 Å². The summed E-state index contributed by atoms with van der Waals surface area (Å²) < 4.78 is 15.0. The molecule has 1 aliphatic rings. The molecule has 0 atom stereocenters. The van der Waals surface area contributed by atoms with Crippen LogP contribution in [-0.2, 0) is 19.0 Å². The second-order valence-corrected chi connectivity index (χ2v) is 3.14. The highest BCUT2D eigenvalue weighted by Gasteiger charge is 2.46. The van der Waals surface area contributed by atoms with Crippen molar-refractivity contribution >= 4 is 17.4 Å². The number of hydrogen-bond donors (Lipinski definition) is 1. The van der Waals surface area contributed by atoms with Gasteiger partial charge in [-0.05, 0) is 0 Å². The van der Waals surface area contributed by atoms with Crippen LogP contribution in [0.2, 0.25) is 0 Å². The van der Waals surface area contributed by atoms with Crippen LogP contribution >= 0.6 is 11.6 Å². The highest BCUT2D eigenvalue weighted by atomic mass is 35.5. The predicted molar refractivity (Wildman–Crippen MR) is 52.4 cm³/mol. The summed E-state index contributed by atoms with van der Waals surface area (Å²) in [5.74, 6) is -2.73. The van der Waals surface area contributed by atoms with E-state index < -0.39 is 17.3 Å². The van der Waals surface area contributed by atoms with Crippen molar-refractivity contribution in [2.45, 2.75) is 5.79 Å². The lowest BCUT2D eigenvalue weighted by Gasteiger charge is -2.33. The Morgan fingerprint density at radius 2 is 1.87 bits per heavy atom. The zero-order chi connectivity index (χ0) is 11.6. The van der Waals surface area contributed by atoms with Crippen LogP contribution in [0.5, 0.6) is 0 Å². The molecule has 15 heavy (non-hydrogen) atoms. The first-order valence-electron chi connectivity index (χ1n) is 4.03. The van der Waals surface area contributed by atoms with E-state index in [1.54, 1.807) is 0 Å². The summed E-state index contributed by atoms with van der Waals surface area (Å²) in [6.07, 6.45) is 1.06.